The molecule has 2 aromatic carbocycles. The summed E-state index contributed by atoms with van der Waals surface area (Å²) in [6.45, 7) is 4.72. The lowest BCUT2D eigenvalue weighted by molar-refractivity contribution is 0.139. The van der Waals surface area contributed by atoms with Gasteiger partial charge in [0, 0.05) is 38.3 Å². The van der Waals surface area contributed by atoms with Crippen molar-refractivity contribution in [2.24, 2.45) is 0 Å². The fourth-order valence-electron chi connectivity index (χ4n) is 3.60. The van der Waals surface area contributed by atoms with Crippen LogP contribution < -0.4 is 4.90 Å². The van der Waals surface area contributed by atoms with Gasteiger partial charge in [0.25, 0.3) is 0 Å². The minimum atomic E-state index is -0.393. The Morgan fingerprint density at radius 1 is 0.786 bits per heavy atom. The van der Waals surface area contributed by atoms with Crippen molar-refractivity contribution < 1.29 is 5.11 Å². The van der Waals surface area contributed by atoms with Crippen LogP contribution in [0.3, 0.4) is 0 Å². The fraction of sp³-hybridized carbons (Fsp3) is 0.304. The van der Waals surface area contributed by atoms with Gasteiger partial charge >= 0.3 is 0 Å². The number of benzene rings is 2. The molecule has 4 rings (SSSR count). The molecule has 0 radical (unpaired) electrons. The quantitative estimate of drug-likeness (QED) is 0.717. The summed E-state index contributed by atoms with van der Waals surface area (Å²) >= 11 is 0. The van der Waals surface area contributed by atoms with Crippen LogP contribution in [0.4, 0.5) is 5.82 Å². The molecule has 0 bridgehead atoms. The predicted molar refractivity (Wildman–Crippen MR) is 112 cm³/mol. The maximum absolute atomic E-state index is 10.3. The molecule has 5 nitrogen and oxygen atoms in total. The van der Waals surface area contributed by atoms with Gasteiger partial charge in [-0.15, -0.1) is 10.2 Å². The molecule has 3 aromatic rings. The number of piperazine rings is 1. The van der Waals surface area contributed by atoms with Gasteiger partial charge in [-0.3, -0.25) is 4.90 Å². The molecule has 1 fully saturated rings. The van der Waals surface area contributed by atoms with Gasteiger partial charge < -0.3 is 10.0 Å². The Kier molecular flexibility index (Phi) is 5.95. The molecule has 28 heavy (non-hydrogen) atoms. The lowest BCUT2D eigenvalue weighted by Crippen LogP contribution is -2.47. The number of aliphatic hydroxyl groups excluding tert-OH is 1. The molecule has 0 amide bonds. The van der Waals surface area contributed by atoms with Gasteiger partial charge in [-0.2, -0.15) is 0 Å². The molecule has 1 atom stereocenters. The molecule has 0 saturated carbocycles. The first kappa shape index (κ1) is 18.6. The molecule has 1 saturated heterocycles. The van der Waals surface area contributed by atoms with E-state index in [-0.39, 0.29) is 0 Å². The topological polar surface area (TPSA) is 52.5 Å². The van der Waals surface area contributed by atoms with Crippen molar-refractivity contribution in [2.75, 3.05) is 37.6 Å². The zero-order chi connectivity index (χ0) is 19.2. The number of aliphatic hydroxyl groups is 1. The van der Waals surface area contributed by atoms with Crippen LogP contribution in [0.25, 0.3) is 11.3 Å². The van der Waals surface area contributed by atoms with Crippen LogP contribution in [0.2, 0.25) is 0 Å². The number of anilines is 1. The number of hydrogen-bond donors (Lipinski definition) is 1. The van der Waals surface area contributed by atoms with Gasteiger partial charge in [0.1, 0.15) is 0 Å². The van der Waals surface area contributed by atoms with Crippen molar-refractivity contribution in [3.05, 3.63) is 78.4 Å². The van der Waals surface area contributed by atoms with Gasteiger partial charge in [0.05, 0.1) is 11.8 Å². The summed E-state index contributed by atoms with van der Waals surface area (Å²) in [5.74, 6) is 0.934. The van der Waals surface area contributed by atoms with E-state index in [0.29, 0.717) is 0 Å². The molecular weight excluding hydrogens is 348 g/mol. The Bertz CT molecular complexity index is 847. The third-order valence-corrected chi connectivity index (χ3v) is 5.32. The molecule has 1 aliphatic rings. The van der Waals surface area contributed by atoms with Crippen LogP contribution in [0, 0.1) is 0 Å². The van der Waals surface area contributed by atoms with Crippen LogP contribution in [0.5, 0.6) is 0 Å². The first-order chi connectivity index (χ1) is 13.8. The van der Waals surface area contributed by atoms with Gasteiger partial charge in [-0.1, -0.05) is 60.7 Å². The van der Waals surface area contributed by atoms with E-state index in [1.807, 2.05) is 66.7 Å². The molecule has 1 N–H and O–H groups in total. The minimum Gasteiger partial charge on any atom is -0.388 e. The van der Waals surface area contributed by atoms with Gasteiger partial charge in [-0.05, 0) is 24.1 Å². The van der Waals surface area contributed by atoms with Crippen molar-refractivity contribution in [3.8, 4) is 11.3 Å². The average molecular weight is 374 g/mol. The maximum atomic E-state index is 10.3. The molecule has 144 valence electrons. The normalized spacial score (nSPS) is 16.1. The second kappa shape index (κ2) is 8.95. The van der Waals surface area contributed by atoms with Gasteiger partial charge in [0.2, 0.25) is 0 Å². The highest BCUT2D eigenvalue weighted by Crippen LogP contribution is 2.20. The Hall–Kier alpha value is -2.76. The molecule has 1 aromatic heterocycles. The van der Waals surface area contributed by atoms with E-state index in [2.05, 4.69) is 26.1 Å². The van der Waals surface area contributed by atoms with Crippen LogP contribution in [-0.2, 0) is 0 Å². The van der Waals surface area contributed by atoms with E-state index in [0.717, 1.165) is 61.8 Å². The highest BCUT2D eigenvalue weighted by atomic mass is 16.3. The van der Waals surface area contributed by atoms with E-state index >= 15 is 0 Å². The minimum absolute atomic E-state index is 0.393. The van der Waals surface area contributed by atoms with E-state index in [4.69, 9.17) is 0 Å². The van der Waals surface area contributed by atoms with Crippen LogP contribution in [0.15, 0.2) is 72.8 Å². The molecule has 1 aliphatic heterocycles. The first-order valence-electron chi connectivity index (χ1n) is 9.89. The summed E-state index contributed by atoms with van der Waals surface area (Å²) in [4.78, 5) is 4.69. The van der Waals surface area contributed by atoms with Gasteiger partial charge in [-0.25, -0.2) is 0 Å². The Morgan fingerprint density at radius 2 is 1.46 bits per heavy atom. The molecule has 5 heteroatoms. The summed E-state index contributed by atoms with van der Waals surface area (Å²) in [5.41, 5.74) is 2.98. The zero-order valence-electron chi connectivity index (χ0n) is 16.0. The SMILES string of the molecule is OC(CCN1CCN(c2ccc(-c3ccccc3)nn2)CC1)c1ccccc1. The Morgan fingerprint density at radius 3 is 2.11 bits per heavy atom. The number of aromatic nitrogens is 2. The monoisotopic (exact) mass is 374 g/mol. The lowest BCUT2D eigenvalue weighted by Gasteiger charge is -2.35. The van der Waals surface area contributed by atoms with Crippen molar-refractivity contribution in [2.45, 2.75) is 12.5 Å². The average Bonchev–Trinajstić information content (AvgIpc) is 2.79. The van der Waals surface area contributed by atoms with Crippen LogP contribution >= 0.6 is 0 Å². The Balaban J connectivity index is 1.27. The zero-order valence-corrected chi connectivity index (χ0v) is 16.0. The molecule has 0 aliphatic carbocycles. The third kappa shape index (κ3) is 4.55. The number of hydrogen-bond acceptors (Lipinski definition) is 5. The predicted octanol–water partition coefficient (Wildman–Crippen LogP) is 3.39. The van der Waals surface area contributed by atoms with E-state index in [9.17, 15) is 5.11 Å². The van der Waals surface area contributed by atoms with Crippen molar-refractivity contribution in [1.29, 1.82) is 0 Å². The number of nitrogens with zero attached hydrogens (tertiary/aromatic N) is 4. The third-order valence-electron chi connectivity index (χ3n) is 5.32. The number of rotatable bonds is 6. The van der Waals surface area contributed by atoms with E-state index in [1.165, 1.54) is 0 Å². The lowest BCUT2D eigenvalue weighted by atomic mass is 10.1. The van der Waals surface area contributed by atoms with Crippen molar-refractivity contribution >= 4 is 5.82 Å². The molecule has 0 spiro atoms. The first-order valence-corrected chi connectivity index (χ1v) is 9.89. The van der Waals surface area contributed by atoms with E-state index < -0.39 is 6.10 Å². The summed E-state index contributed by atoms with van der Waals surface area (Å²) in [6.07, 6.45) is 0.367. The highest BCUT2D eigenvalue weighted by molar-refractivity contribution is 5.59. The molecule has 2 heterocycles. The summed E-state index contributed by atoms with van der Waals surface area (Å²) in [7, 11) is 0. The second-order valence-electron chi connectivity index (χ2n) is 7.19. The fourth-order valence-corrected chi connectivity index (χ4v) is 3.60. The molecule has 1 unspecified atom stereocenters. The summed E-state index contributed by atoms with van der Waals surface area (Å²) in [6, 6.07) is 24.1. The van der Waals surface area contributed by atoms with Crippen LogP contribution in [0.1, 0.15) is 18.1 Å². The van der Waals surface area contributed by atoms with Crippen molar-refractivity contribution in [3.63, 3.8) is 0 Å². The largest absolute Gasteiger partial charge is 0.388 e. The standard InChI is InChI=1S/C23H26N4O/c28-22(20-9-5-2-6-10-20)13-14-26-15-17-27(18-16-26)23-12-11-21(24-25-23)19-7-3-1-4-8-19/h1-12,22,28H,13-18H2. The molecular formula is C23H26N4O. The highest BCUT2D eigenvalue weighted by Gasteiger charge is 2.19. The second-order valence-corrected chi connectivity index (χ2v) is 7.19. The van der Waals surface area contributed by atoms with Gasteiger partial charge in [0.15, 0.2) is 5.82 Å². The van der Waals surface area contributed by atoms with Crippen molar-refractivity contribution in [1.82, 2.24) is 15.1 Å². The van der Waals surface area contributed by atoms with Crippen LogP contribution in [-0.4, -0.2) is 52.9 Å². The maximum Gasteiger partial charge on any atom is 0.151 e. The smallest absolute Gasteiger partial charge is 0.151 e. The Labute approximate surface area is 166 Å². The summed E-state index contributed by atoms with van der Waals surface area (Å²) < 4.78 is 0. The van der Waals surface area contributed by atoms with E-state index in [1.54, 1.807) is 0 Å². The summed E-state index contributed by atoms with van der Waals surface area (Å²) in [5, 5.41) is 19.2.